The quantitative estimate of drug-likeness (QED) is 0.446. The molecule has 2 amide bonds. The number of carboxylic acid groups (broad SMARTS) is 1. The van der Waals surface area contributed by atoms with Gasteiger partial charge in [0, 0.05) is 19.2 Å². The fourth-order valence-corrected chi connectivity index (χ4v) is 3.36. The van der Waals surface area contributed by atoms with Crippen molar-refractivity contribution in [2.75, 3.05) is 28.6 Å². The molecule has 2 aromatic rings. The van der Waals surface area contributed by atoms with Gasteiger partial charge in [-0.25, -0.2) is 13.6 Å². The summed E-state index contributed by atoms with van der Waals surface area (Å²) in [5, 5.41) is 14.5. The predicted octanol–water partition coefficient (Wildman–Crippen LogP) is 5.92. The number of carbonyl (C=O) groups is 2. The third-order valence-corrected chi connectivity index (χ3v) is 4.83. The third-order valence-electron chi connectivity index (χ3n) is 4.83. The first-order valence-electron chi connectivity index (χ1n) is 10.6. The monoisotopic (exact) mass is 447 g/mol. The molecule has 0 saturated carbocycles. The molecule has 0 radical (unpaired) electrons. The molecule has 0 aliphatic heterocycles. The number of amides is 2. The molecule has 2 aromatic carbocycles. The lowest BCUT2D eigenvalue weighted by atomic mass is 9.99. The molecule has 0 spiro atoms. The minimum absolute atomic E-state index is 0.165. The van der Waals surface area contributed by atoms with E-state index < -0.39 is 29.6 Å². The van der Waals surface area contributed by atoms with Crippen LogP contribution in [0.3, 0.4) is 0 Å². The molecule has 6 nitrogen and oxygen atoms in total. The molecular formula is C24H31F2N3O3. The van der Waals surface area contributed by atoms with Crippen molar-refractivity contribution in [2.45, 2.75) is 40.5 Å². The van der Waals surface area contributed by atoms with Gasteiger partial charge in [0.05, 0.1) is 23.0 Å². The van der Waals surface area contributed by atoms with Crippen LogP contribution in [0.15, 0.2) is 36.4 Å². The molecule has 1 atom stereocenters. The van der Waals surface area contributed by atoms with Crippen molar-refractivity contribution < 1.29 is 23.5 Å². The van der Waals surface area contributed by atoms with Crippen molar-refractivity contribution in [1.82, 2.24) is 0 Å². The Morgan fingerprint density at radius 1 is 0.906 bits per heavy atom. The Balaban J connectivity index is 2.41. The zero-order valence-corrected chi connectivity index (χ0v) is 19.1. The summed E-state index contributed by atoms with van der Waals surface area (Å²) in [6.07, 6.45) is 0. The highest BCUT2D eigenvalue weighted by Crippen LogP contribution is 2.32. The summed E-state index contributed by atoms with van der Waals surface area (Å²) < 4.78 is 27.1. The number of nitrogens with one attached hydrogen (secondary N) is 2. The second-order valence-electron chi connectivity index (χ2n) is 8.73. The van der Waals surface area contributed by atoms with Gasteiger partial charge < -0.3 is 20.6 Å². The summed E-state index contributed by atoms with van der Waals surface area (Å²) in [4.78, 5) is 26.2. The summed E-state index contributed by atoms with van der Waals surface area (Å²) in [7, 11) is 0. The maximum absolute atomic E-state index is 13.9. The topological polar surface area (TPSA) is 81.7 Å². The van der Waals surface area contributed by atoms with E-state index in [9.17, 15) is 23.5 Å². The average molecular weight is 448 g/mol. The zero-order chi connectivity index (χ0) is 24.0. The van der Waals surface area contributed by atoms with E-state index in [1.54, 1.807) is 25.1 Å². The van der Waals surface area contributed by atoms with Crippen molar-refractivity contribution in [3.05, 3.63) is 53.6 Å². The van der Waals surface area contributed by atoms with Gasteiger partial charge in [0.1, 0.15) is 11.6 Å². The zero-order valence-electron chi connectivity index (χ0n) is 19.1. The Morgan fingerprint density at radius 3 is 2.03 bits per heavy atom. The summed E-state index contributed by atoms with van der Waals surface area (Å²) in [6.45, 7) is 11.4. The number of anilines is 3. The van der Waals surface area contributed by atoms with Gasteiger partial charge in [-0.1, -0.05) is 33.8 Å². The Labute approximate surface area is 187 Å². The normalized spacial score (nSPS) is 12.0. The molecule has 8 heteroatoms. The number of aliphatic carboxylic acids is 1. The van der Waals surface area contributed by atoms with Crippen molar-refractivity contribution in [3.63, 3.8) is 0 Å². The third kappa shape index (κ3) is 6.93. The number of urea groups is 1. The molecule has 0 fully saturated rings. The number of carbonyl (C=O) groups excluding carboxylic acids is 1. The summed E-state index contributed by atoms with van der Waals surface area (Å²) in [5.41, 5.74) is 1.51. The predicted molar refractivity (Wildman–Crippen MR) is 123 cm³/mol. The second kappa shape index (κ2) is 10.9. The van der Waals surface area contributed by atoms with Crippen molar-refractivity contribution in [2.24, 2.45) is 11.8 Å². The molecule has 1 unspecified atom stereocenters. The van der Waals surface area contributed by atoms with Crippen molar-refractivity contribution in [3.8, 4) is 0 Å². The van der Waals surface area contributed by atoms with E-state index in [-0.39, 0.29) is 5.69 Å². The first-order chi connectivity index (χ1) is 15.0. The standard InChI is InChI=1S/C24H31F2N3O3/c1-14(2)12-29(13-15(3)4)22-9-6-17(16(5)23(30)31)10-21(22)28-24(32)27-20-8-7-18(25)11-19(20)26/h6-11,14-16H,12-13H2,1-5H3,(H,30,31)(H2,27,28,32). The molecule has 3 N–H and O–H groups in total. The van der Waals surface area contributed by atoms with Crippen LogP contribution >= 0.6 is 0 Å². The molecule has 0 aromatic heterocycles. The van der Waals surface area contributed by atoms with Crippen LogP contribution in [-0.2, 0) is 4.79 Å². The number of benzene rings is 2. The highest BCUT2D eigenvalue weighted by molar-refractivity contribution is 6.02. The SMILES string of the molecule is CC(C)CN(CC(C)C)c1ccc(C(C)C(=O)O)cc1NC(=O)Nc1ccc(F)cc1F. The largest absolute Gasteiger partial charge is 0.481 e. The van der Waals surface area contributed by atoms with E-state index in [2.05, 4.69) is 43.2 Å². The number of hydrogen-bond acceptors (Lipinski definition) is 3. The minimum atomic E-state index is -0.984. The minimum Gasteiger partial charge on any atom is -0.481 e. The van der Waals surface area contributed by atoms with Gasteiger partial charge in [-0.3, -0.25) is 4.79 Å². The van der Waals surface area contributed by atoms with E-state index in [4.69, 9.17) is 0 Å². The average Bonchev–Trinajstić information content (AvgIpc) is 2.68. The highest BCUT2D eigenvalue weighted by Gasteiger charge is 2.20. The molecule has 0 aliphatic carbocycles. The number of halogens is 2. The number of rotatable bonds is 9. The van der Waals surface area contributed by atoms with Gasteiger partial charge in [-0.15, -0.1) is 0 Å². The van der Waals surface area contributed by atoms with Crippen LogP contribution in [0.4, 0.5) is 30.6 Å². The van der Waals surface area contributed by atoms with Crippen LogP contribution in [0.2, 0.25) is 0 Å². The lowest BCUT2D eigenvalue weighted by molar-refractivity contribution is -0.138. The van der Waals surface area contributed by atoms with Gasteiger partial charge in [0.2, 0.25) is 0 Å². The summed E-state index contributed by atoms with van der Waals surface area (Å²) in [6, 6.07) is 7.32. The molecule has 2 rings (SSSR count). The number of hydrogen-bond donors (Lipinski definition) is 3. The smallest absolute Gasteiger partial charge is 0.323 e. The van der Waals surface area contributed by atoms with Crippen LogP contribution in [-0.4, -0.2) is 30.2 Å². The van der Waals surface area contributed by atoms with E-state index in [0.717, 1.165) is 30.9 Å². The molecule has 174 valence electrons. The van der Waals surface area contributed by atoms with Gasteiger partial charge in [0.25, 0.3) is 0 Å². The van der Waals surface area contributed by atoms with Crippen molar-refractivity contribution >= 4 is 29.1 Å². The van der Waals surface area contributed by atoms with Crippen LogP contribution in [0.1, 0.15) is 46.1 Å². The molecule has 0 heterocycles. The van der Waals surface area contributed by atoms with Crippen LogP contribution in [0, 0.1) is 23.5 Å². The molecule has 0 aliphatic rings. The summed E-state index contributed by atoms with van der Waals surface area (Å²) >= 11 is 0. The first kappa shape index (κ1) is 25.1. The van der Waals surface area contributed by atoms with E-state index >= 15 is 0 Å². The fraction of sp³-hybridized carbons (Fsp3) is 0.417. The fourth-order valence-electron chi connectivity index (χ4n) is 3.36. The highest BCUT2D eigenvalue weighted by atomic mass is 19.1. The Kier molecular flexibility index (Phi) is 8.57. The Hall–Kier alpha value is -3.16. The van der Waals surface area contributed by atoms with E-state index in [1.807, 2.05) is 0 Å². The first-order valence-corrected chi connectivity index (χ1v) is 10.6. The van der Waals surface area contributed by atoms with E-state index in [0.29, 0.717) is 29.2 Å². The van der Waals surface area contributed by atoms with Gasteiger partial charge in [-0.2, -0.15) is 0 Å². The van der Waals surface area contributed by atoms with Crippen LogP contribution < -0.4 is 15.5 Å². The number of nitrogens with zero attached hydrogens (tertiary/aromatic N) is 1. The van der Waals surface area contributed by atoms with Crippen LogP contribution in [0.25, 0.3) is 0 Å². The van der Waals surface area contributed by atoms with Crippen LogP contribution in [0.5, 0.6) is 0 Å². The second-order valence-corrected chi connectivity index (χ2v) is 8.73. The maximum atomic E-state index is 13.9. The summed E-state index contributed by atoms with van der Waals surface area (Å²) in [5.74, 6) is -2.70. The Bertz CT molecular complexity index is 954. The molecule has 0 saturated heterocycles. The number of carboxylic acids is 1. The maximum Gasteiger partial charge on any atom is 0.323 e. The molecule has 0 bridgehead atoms. The van der Waals surface area contributed by atoms with Gasteiger partial charge >= 0.3 is 12.0 Å². The van der Waals surface area contributed by atoms with E-state index in [1.165, 1.54) is 0 Å². The molecular weight excluding hydrogens is 416 g/mol. The van der Waals surface area contributed by atoms with Gasteiger partial charge in [-0.05, 0) is 48.6 Å². The lowest BCUT2D eigenvalue weighted by Gasteiger charge is -2.31. The lowest BCUT2D eigenvalue weighted by Crippen LogP contribution is -2.32. The molecule has 32 heavy (non-hydrogen) atoms. The van der Waals surface area contributed by atoms with Crippen molar-refractivity contribution in [1.29, 1.82) is 0 Å². The Morgan fingerprint density at radius 2 is 1.50 bits per heavy atom. The van der Waals surface area contributed by atoms with Gasteiger partial charge in [0.15, 0.2) is 0 Å².